The highest BCUT2D eigenvalue weighted by atomic mass is 16.2. The Hall–Kier alpha value is -2.90. The predicted molar refractivity (Wildman–Crippen MR) is 111 cm³/mol. The number of rotatable bonds is 5. The van der Waals surface area contributed by atoms with Crippen molar-refractivity contribution in [3.05, 3.63) is 41.2 Å². The lowest BCUT2D eigenvalue weighted by Gasteiger charge is -2.38. The Morgan fingerprint density at radius 2 is 2.07 bits per heavy atom. The van der Waals surface area contributed by atoms with Crippen LogP contribution in [0.2, 0.25) is 0 Å². The maximum Gasteiger partial charge on any atom is 0.240 e. The van der Waals surface area contributed by atoms with Crippen molar-refractivity contribution < 1.29 is 9.59 Å². The molecule has 0 spiro atoms. The number of hydrogen-bond donors (Lipinski definition) is 0. The van der Waals surface area contributed by atoms with Gasteiger partial charge in [0.15, 0.2) is 5.69 Å². The van der Waals surface area contributed by atoms with Crippen molar-refractivity contribution in [1.82, 2.24) is 14.7 Å². The first-order valence-electron chi connectivity index (χ1n) is 10.7. The molecule has 3 aliphatic heterocycles. The summed E-state index contributed by atoms with van der Waals surface area (Å²) in [5, 5.41) is 9.26. The van der Waals surface area contributed by atoms with Crippen LogP contribution in [0, 0.1) is 23.8 Å². The summed E-state index contributed by atoms with van der Waals surface area (Å²) in [6.45, 7) is 13.0. The lowest BCUT2D eigenvalue weighted by atomic mass is 10.0. The minimum atomic E-state index is -0.304. The highest BCUT2D eigenvalue weighted by Crippen LogP contribution is 2.38. The Kier molecular flexibility index (Phi) is 5.49. The third-order valence-electron chi connectivity index (χ3n) is 6.85. The van der Waals surface area contributed by atoms with Crippen LogP contribution in [-0.2, 0) is 9.59 Å². The van der Waals surface area contributed by atoms with Gasteiger partial charge in [0.05, 0.1) is 24.7 Å². The van der Waals surface area contributed by atoms with Gasteiger partial charge in [-0.3, -0.25) is 14.5 Å². The van der Waals surface area contributed by atoms with Crippen LogP contribution in [0.25, 0.3) is 4.85 Å². The number of likely N-dealkylation sites (tertiary alicyclic amines) is 3. The number of benzene rings is 1. The van der Waals surface area contributed by atoms with Crippen molar-refractivity contribution in [2.24, 2.45) is 5.92 Å². The summed E-state index contributed by atoms with van der Waals surface area (Å²) in [6.07, 6.45) is 2.44. The van der Waals surface area contributed by atoms with Crippen molar-refractivity contribution in [2.45, 2.75) is 57.3 Å². The monoisotopic (exact) mass is 405 g/mol. The Morgan fingerprint density at radius 1 is 1.33 bits per heavy atom. The molecule has 1 aromatic carbocycles. The molecule has 0 N–H and O–H groups in total. The van der Waals surface area contributed by atoms with E-state index in [2.05, 4.69) is 15.8 Å². The molecule has 0 aromatic heterocycles. The van der Waals surface area contributed by atoms with Gasteiger partial charge in [-0.15, -0.1) is 0 Å². The number of piperazine rings is 1. The highest BCUT2D eigenvalue weighted by Gasteiger charge is 2.51. The van der Waals surface area contributed by atoms with E-state index in [0.29, 0.717) is 18.8 Å². The third kappa shape index (κ3) is 3.44. The SMILES string of the molecule is [C-]#[N+]c1ccc([C@@H](C)N2C(=O)[C@@H]3C[C@H]2CN3C[C@H](C)C(=O)N2CCC[C@H]2C#N)cc1. The minimum absolute atomic E-state index is 0.0272. The summed E-state index contributed by atoms with van der Waals surface area (Å²) in [5.74, 6) is -0.0683. The second kappa shape index (κ2) is 8.08. The number of hydrogen-bond acceptors (Lipinski definition) is 4. The Morgan fingerprint density at radius 3 is 2.70 bits per heavy atom. The fourth-order valence-electron chi connectivity index (χ4n) is 5.26. The molecule has 0 unspecified atom stereocenters. The molecular formula is C23H27N5O2. The first-order valence-corrected chi connectivity index (χ1v) is 10.7. The lowest BCUT2D eigenvalue weighted by molar-refractivity contribution is -0.142. The molecule has 7 nitrogen and oxygen atoms in total. The molecule has 3 aliphatic rings. The zero-order chi connectivity index (χ0) is 21.4. The number of nitrogens with zero attached hydrogens (tertiary/aromatic N) is 5. The van der Waals surface area contributed by atoms with Crippen LogP contribution in [0.15, 0.2) is 24.3 Å². The standard InChI is InChI=1S/C23H27N5O2/c1-15(22(29)27-10-4-5-19(27)12-24)13-26-14-20-11-21(26)23(30)28(20)16(2)17-6-8-18(25-3)9-7-17/h6-9,15-16,19-21H,4-5,10-11,13-14H2,1-2H3/t15-,16+,19-,20-,21-/m0/s1. The van der Waals surface area contributed by atoms with Crippen molar-refractivity contribution in [1.29, 1.82) is 5.26 Å². The summed E-state index contributed by atoms with van der Waals surface area (Å²) in [7, 11) is 0. The van der Waals surface area contributed by atoms with E-state index in [9.17, 15) is 14.9 Å². The molecule has 0 radical (unpaired) electrons. The van der Waals surface area contributed by atoms with E-state index in [4.69, 9.17) is 6.57 Å². The molecular weight excluding hydrogens is 378 g/mol. The largest absolute Gasteiger partial charge is 0.330 e. The van der Waals surface area contributed by atoms with Gasteiger partial charge in [0, 0.05) is 31.6 Å². The second-order valence-electron chi connectivity index (χ2n) is 8.70. The summed E-state index contributed by atoms with van der Waals surface area (Å²) >= 11 is 0. The van der Waals surface area contributed by atoms with Gasteiger partial charge in [0.25, 0.3) is 0 Å². The second-order valence-corrected chi connectivity index (χ2v) is 8.70. The van der Waals surface area contributed by atoms with E-state index < -0.39 is 0 Å². The summed E-state index contributed by atoms with van der Waals surface area (Å²) in [6, 6.07) is 9.33. The molecule has 3 fully saturated rings. The maximum absolute atomic E-state index is 13.1. The average Bonchev–Trinajstić information content (AvgIpc) is 3.47. The Labute approximate surface area is 177 Å². The molecule has 3 saturated heterocycles. The van der Waals surface area contributed by atoms with Gasteiger partial charge < -0.3 is 9.80 Å². The van der Waals surface area contributed by atoms with Crippen LogP contribution in [0.1, 0.15) is 44.7 Å². The van der Waals surface area contributed by atoms with Crippen LogP contribution in [0.3, 0.4) is 0 Å². The lowest BCUT2D eigenvalue weighted by Crippen LogP contribution is -2.53. The zero-order valence-corrected chi connectivity index (χ0v) is 17.5. The number of nitriles is 1. The van der Waals surface area contributed by atoms with E-state index in [0.717, 1.165) is 31.4 Å². The van der Waals surface area contributed by atoms with Gasteiger partial charge in [0.2, 0.25) is 11.8 Å². The van der Waals surface area contributed by atoms with Crippen LogP contribution < -0.4 is 0 Å². The van der Waals surface area contributed by atoms with Crippen LogP contribution in [-0.4, -0.2) is 64.3 Å². The Balaban J connectivity index is 1.39. The van der Waals surface area contributed by atoms with E-state index in [1.807, 2.05) is 30.9 Å². The quantitative estimate of drug-likeness (QED) is 0.706. The smallest absolute Gasteiger partial charge is 0.240 e. The molecule has 156 valence electrons. The van der Waals surface area contributed by atoms with E-state index >= 15 is 0 Å². The molecule has 3 heterocycles. The van der Waals surface area contributed by atoms with Crippen LogP contribution in [0.5, 0.6) is 0 Å². The zero-order valence-electron chi connectivity index (χ0n) is 17.5. The molecule has 2 bridgehead atoms. The predicted octanol–water partition coefficient (Wildman–Crippen LogP) is 2.73. The van der Waals surface area contributed by atoms with Gasteiger partial charge in [-0.05, 0) is 31.7 Å². The summed E-state index contributed by atoms with van der Waals surface area (Å²) in [4.78, 5) is 35.2. The molecule has 7 heteroatoms. The number of amides is 2. The first-order chi connectivity index (χ1) is 14.4. The molecule has 4 rings (SSSR count). The van der Waals surface area contributed by atoms with Crippen molar-refractivity contribution in [2.75, 3.05) is 19.6 Å². The van der Waals surface area contributed by atoms with Crippen molar-refractivity contribution in [3.8, 4) is 6.07 Å². The Bertz CT molecular complexity index is 915. The van der Waals surface area contributed by atoms with Crippen LogP contribution in [0.4, 0.5) is 5.69 Å². The van der Waals surface area contributed by atoms with Crippen molar-refractivity contribution in [3.63, 3.8) is 0 Å². The molecule has 1 aromatic rings. The first kappa shape index (κ1) is 20.4. The third-order valence-corrected chi connectivity index (χ3v) is 6.85. The van der Waals surface area contributed by atoms with E-state index in [1.54, 1.807) is 17.0 Å². The number of carbonyl (C=O) groups is 2. The summed E-state index contributed by atoms with van der Waals surface area (Å²) in [5.41, 5.74) is 1.64. The number of carbonyl (C=O) groups excluding carboxylic acids is 2. The topological polar surface area (TPSA) is 72.0 Å². The number of fused-ring (bicyclic) bond motifs is 2. The van der Waals surface area contributed by atoms with Gasteiger partial charge in [-0.2, -0.15) is 5.26 Å². The summed E-state index contributed by atoms with van der Waals surface area (Å²) < 4.78 is 0. The minimum Gasteiger partial charge on any atom is -0.330 e. The fraction of sp³-hybridized carbons (Fsp3) is 0.565. The average molecular weight is 406 g/mol. The van der Waals surface area contributed by atoms with E-state index in [1.165, 1.54) is 0 Å². The molecule has 0 saturated carbocycles. The molecule has 0 aliphatic carbocycles. The maximum atomic E-state index is 13.1. The molecule has 5 atom stereocenters. The fourth-order valence-corrected chi connectivity index (χ4v) is 5.26. The van der Waals surface area contributed by atoms with Gasteiger partial charge in [-0.25, -0.2) is 4.85 Å². The molecule has 30 heavy (non-hydrogen) atoms. The normalized spacial score (nSPS) is 27.7. The van der Waals surface area contributed by atoms with Gasteiger partial charge in [-0.1, -0.05) is 31.2 Å². The highest BCUT2D eigenvalue weighted by molar-refractivity contribution is 5.86. The van der Waals surface area contributed by atoms with Crippen molar-refractivity contribution >= 4 is 17.5 Å². The molecule has 2 amide bonds. The van der Waals surface area contributed by atoms with Gasteiger partial charge >= 0.3 is 0 Å². The van der Waals surface area contributed by atoms with E-state index in [-0.39, 0.29) is 41.9 Å². The van der Waals surface area contributed by atoms with Crippen LogP contribution >= 0.6 is 0 Å². The van der Waals surface area contributed by atoms with Gasteiger partial charge in [0.1, 0.15) is 6.04 Å².